The molecule has 3 rings (SSSR count). The standard InChI is InChI=1S/C25H32FN5OS/c1-6-8-21(7-2)32-22-10-19(9-20(11-22)23-29-12-16(3)33-23)17(4)28-13-18-14-30-24(31-15-18)25(5,26)27/h9-12,14-15,21,28H,4,6-8,13,27H2,1-3,5H3. The maximum Gasteiger partial charge on any atom is 0.216 e. The van der Waals surface area contributed by atoms with Gasteiger partial charge in [-0.3, -0.25) is 5.73 Å². The van der Waals surface area contributed by atoms with Gasteiger partial charge in [-0.25, -0.2) is 19.3 Å². The Labute approximate surface area is 199 Å². The number of ether oxygens (including phenoxy) is 1. The smallest absolute Gasteiger partial charge is 0.216 e. The van der Waals surface area contributed by atoms with Gasteiger partial charge in [0.05, 0.1) is 6.10 Å². The van der Waals surface area contributed by atoms with E-state index in [1.54, 1.807) is 23.7 Å². The number of nitrogens with two attached hydrogens (primary N) is 1. The fourth-order valence-electron chi connectivity index (χ4n) is 3.32. The fraction of sp³-hybridized carbons (Fsp3) is 0.400. The van der Waals surface area contributed by atoms with Gasteiger partial charge >= 0.3 is 0 Å². The predicted octanol–water partition coefficient (Wildman–Crippen LogP) is 5.73. The van der Waals surface area contributed by atoms with Crippen molar-refractivity contribution < 1.29 is 9.13 Å². The molecule has 0 radical (unpaired) electrons. The van der Waals surface area contributed by atoms with E-state index < -0.39 is 5.79 Å². The highest BCUT2D eigenvalue weighted by Gasteiger charge is 2.22. The van der Waals surface area contributed by atoms with Gasteiger partial charge in [0.2, 0.25) is 5.79 Å². The van der Waals surface area contributed by atoms with E-state index in [1.165, 1.54) is 6.92 Å². The van der Waals surface area contributed by atoms with Gasteiger partial charge in [-0.1, -0.05) is 26.8 Å². The molecule has 33 heavy (non-hydrogen) atoms. The second-order valence-electron chi connectivity index (χ2n) is 8.28. The maximum absolute atomic E-state index is 13.8. The van der Waals surface area contributed by atoms with E-state index in [9.17, 15) is 4.39 Å². The Morgan fingerprint density at radius 3 is 2.52 bits per heavy atom. The van der Waals surface area contributed by atoms with Crippen LogP contribution in [0.1, 0.15) is 61.9 Å². The minimum Gasteiger partial charge on any atom is -0.490 e. The van der Waals surface area contributed by atoms with Gasteiger partial charge in [-0.2, -0.15) is 0 Å². The lowest BCUT2D eigenvalue weighted by molar-refractivity contribution is 0.186. The summed E-state index contributed by atoms with van der Waals surface area (Å²) in [5, 5.41) is 4.25. The van der Waals surface area contributed by atoms with Crippen LogP contribution in [0.25, 0.3) is 16.3 Å². The first-order chi connectivity index (χ1) is 15.7. The van der Waals surface area contributed by atoms with Crippen molar-refractivity contribution in [3.8, 4) is 16.3 Å². The number of aryl methyl sites for hydroxylation is 1. The molecule has 0 bridgehead atoms. The van der Waals surface area contributed by atoms with Crippen molar-refractivity contribution in [1.29, 1.82) is 0 Å². The van der Waals surface area contributed by atoms with Crippen LogP contribution in [0.4, 0.5) is 4.39 Å². The molecular formula is C25H32FN5OS. The third kappa shape index (κ3) is 6.82. The second-order valence-corrected chi connectivity index (χ2v) is 9.52. The highest BCUT2D eigenvalue weighted by atomic mass is 32.1. The first-order valence-electron chi connectivity index (χ1n) is 11.2. The summed E-state index contributed by atoms with van der Waals surface area (Å²) >= 11 is 1.64. The van der Waals surface area contributed by atoms with Gasteiger partial charge in [-0.15, -0.1) is 11.3 Å². The summed E-state index contributed by atoms with van der Waals surface area (Å²) in [6.45, 7) is 12.2. The molecule has 0 aliphatic rings. The largest absolute Gasteiger partial charge is 0.490 e. The highest BCUT2D eigenvalue weighted by Crippen LogP contribution is 2.32. The number of benzene rings is 1. The first-order valence-corrected chi connectivity index (χ1v) is 12.0. The van der Waals surface area contributed by atoms with E-state index >= 15 is 0 Å². The van der Waals surface area contributed by atoms with Gasteiger partial charge in [0.15, 0.2) is 5.82 Å². The highest BCUT2D eigenvalue weighted by molar-refractivity contribution is 7.14. The average Bonchev–Trinajstić information content (AvgIpc) is 3.23. The molecule has 0 aliphatic heterocycles. The van der Waals surface area contributed by atoms with E-state index in [0.29, 0.717) is 6.54 Å². The molecule has 8 heteroatoms. The number of aromatic nitrogens is 3. The van der Waals surface area contributed by atoms with Crippen molar-refractivity contribution >= 4 is 17.0 Å². The van der Waals surface area contributed by atoms with Gasteiger partial charge in [0.1, 0.15) is 10.8 Å². The topological polar surface area (TPSA) is 86.0 Å². The molecule has 0 fully saturated rings. The zero-order chi connectivity index (χ0) is 24.0. The predicted molar refractivity (Wildman–Crippen MR) is 132 cm³/mol. The monoisotopic (exact) mass is 469 g/mol. The number of nitrogens with zero attached hydrogens (tertiary/aromatic N) is 3. The zero-order valence-corrected chi connectivity index (χ0v) is 20.5. The van der Waals surface area contributed by atoms with Crippen LogP contribution in [0.3, 0.4) is 0 Å². The molecule has 1 aromatic carbocycles. The van der Waals surface area contributed by atoms with Crippen molar-refractivity contribution in [1.82, 2.24) is 20.3 Å². The molecule has 6 nitrogen and oxygen atoms in total. The SMILES string of the molecule is C=C(NCc1cnc(C(C)(N)F)nc1)c1cc(OC(CC)CCC)cc(-c2ncc(C)s2)c1. The van der Waals surface area contributed by atoms with Gasteiger partial charge in [0, 0.05) is 52.4 Å². The molecule has 2 heterocycles. The van der Waals surface area contributed by atoms with Crippen LogP contribution < -0.4 is 15.8 Å². The number of alkyl halides is 1. The van der Waals surface area contributed by atoms with Crippen molar-refractivity contribution in [3.63, 3.8) is 0 Å². The summed E-state index contributed by atoms with van der Waals surface area (Å²) in [7, 11) is 0. The number of rotatable bonds is 11. The van der Waals surface area contributed by atoms with Crippen LogP contribution >= 0.6 is 11.3 Å². The lowest BCUT2D eigenvalue weighted by Gasteiger charge is -2.19. The molecule has 2 unspecified atom stereocenters. The maximum atomic E-state index is 13.8. The molecule has 2 aromatic heterocycles. The van der Waals surface area contributed by atoms with Crippen LogP contribution in [0.2, 0.25) is 0 Å². The number of hydrogen-bond acceptors (Lipinski definition) is 7. The fourth-order valence-corrected chi connectivity index (χ4v) is 4.07. The summed E-state index contributed by atoms with van der Waals surface area (Å²) in [4.78, 5) is 13.7. The Hall–Kier alpha value is -2.84. The summed E-state index contributed by atoms with van der Waals surface area (Å²) in [5.74, 6) is -1.30. The molecular weight excluding hydrogens is 437 g/mol. The lowest BCUT2D eigenvalue weighted by atomic mass is 10.1. The van der Waals surface area contributed by atoms with E-state index in [2.05, 4.69) is 46.8 Å². The third-order valence-electron chi connectivity index (χ3n) is 5.14. The molecule has 0 aliphatic carbocycles. The van der Waals surface area contributed by atoms with Crippen molar-refractivity contribution in [2.45, 2.75) is 65.4 Å². The van der Waals surface area contributed by atoms with Gasteiger partial charge in [0.25, 0.3) is 0 Å². The minimum atomic E-state index is -2.06. The number of thiazole rings is 1. The van der Waals surface area contributed by atoms with Crippen molar-refractivity contribution in [3.05, 3.63) is 65.2 Å². The van der Waals surface area contributed by atoms with Crippen molar-refractivity contribution in [2.24, 2.45) is 5.73 Å². The Bertz CT molecular complexity index is 1080. The van der Waals surface area contributed by atoms with Crippen molar-refractivity contribution in [2.75, 3.05) is 0 Å². The molecule has 3 aromatic rings. The zero-order valence-electron chi connectivity index (χ0n) is 19.7. The molecule has 0 saturated carbocycles. The van der Waals surface area contributed by atoms with Crippen LogP contribution in [-0.2, 0) is 12.3 Å². The van der Waals surface area contributed by atoms with Crippen LogP contribution in [-0.4, -0.2) is 21.1 Å². The molecule has 0 amide bonds. The van der Waals surface area contributed by atoms with E-state index in [1.807, 2.05) is 25.3 Å². The molecule has 0 spiro atoms. The minimum absolute atomic E-state index is 0.0455. The summed E-state index contributed by atoms with van der Waals surface area (Å²) in [5.41, 5.74) is 8.84. The summed E-state index contributed by atoms with van der Waals surface area (Å²) in [6.07, 6.45) is 8.18. The van der Waals surface area contributed by atoms with E-state index in [0.717, 1.165) is 57.3 Å². The van der Waals surface area contributed by atoms with Gasteiger partial charge in [-0.05, 0) is 44.9 Å². The molecule has 0 saturated heterocycles. The number of hydrogen-bond donors (Lipinski definition) is 2. The normalized spacial score (nSPS) is 13.9. The molecule has 2 atom stereocenters. The number of halogens is 1. The first kappa shape index (κ1) is 24.8. The Morgan fingerprint density at radius 1 is 1.21 bits per heavy atom. The quantitative estimate of drug-likeness (QED) is 0.349. The Balaban J connectivity index is 1.80. The summed E-state index contributed by atoms with van der Waals surface area (Å²) in [6, 6.07) is 6.10. The van der Waals surface area contributed by atoms with Gasteiger partial charge < -0.3 is 10.1 Å². The molecule has 3 N–H and O–H groups in total. The average molecular weight is 470 g/mol. The Morgan fingerprint density at radius 2 is 1.94 bits per heavy atom. The summed E-state index contributed by atoms with van der Waals surface area (Å²) < 4.78 is 20.1. The van der Waals surface area contributed by atoms with E-state index in [4.69, 9.17) is 10.5 Å². The van der Waals surface area contributed by atoms with Crippen LogP contribution in [0.15, 0.2) is 43.4 Å². The van der Waals surface area contributed by atoms with Crippen LogP contribution in [0.5, 0.6) is 5.75 Å². The second kappa shape index (κ2) is 10.9. The molecule has 176 valence electrons. The Kier molecular flexibility index (Phi) is 8.15. The third-order valence-corrected chi connectivity index (χ3v) is 6.10. The van der Waals surface area contributed by atoms with Crippen LogP contribution in [0, 0.1) is 6.92 Å². The lowest BCUT2D eigenvalue weighted by Crippen LogP contribution is -2.29. The van der Waals surface area contributed by atoms with E-state index in [-0.39, 0.29) is 11.9 Å². The number of nitrogens with one attached hydrogen (secondary N) is 1.